The Bertz CT molecular complexity index is 711. The largest absolute Gasteiger partial charge is 0.325 e. The minimum atomic E-state index is -0.327. The summed E-state index contributed by atoms with van der Waals surface area (Å²) in [6.07, 6.45) is 3.27. The molecular weight excluding hydrogens is 260 g/mol. The van der Waals surface area contributed by atoms with Gasteiger partial charge in [-0.25, -0.2) is 9.78 Å². The predicted octanol–water partition coefficient (Wildman–Crippen LogP) is 3.34. The van der Waals surface area contributed by atoms with Crippen LogP contribution in [-0.2, 0) is 0 Å². The maximum Gasteiger partial charge on any atom is 0.325 e. The Labute approximate surface area is 113 Å². The molecule has 0 radical (unpaired) electrons. The van der Waals surface area contributed by atoms with Gasteiger partial charge in [-0.05, 0) is 12.1 Å². The van der Waals surface area contributed by atoms with Gasteiger partial charge in [-0.1, -0.05) is 18.2 Å². The van der Waals surface area contributed by atoms with Crippen LogP contribution in [0.4, 0.5) is 15.6 Å². The molecule has 0 unspecified atom stereocenters. The van der Waals surface area contributed by atoms with Crippen LogP contribution in [0.5, 0.6) is 0 Å². The fourth-order valence-corrected chi connectivity index (χ4v) is 2.21. The standard InChI is InChI=1S/C13H10N4OS/c18-12(17-13-14-5-6-19-13)16-10-7-9-3-1-2-4-11(9)15-8-10/h1-8H,(H2,14,16,17,18). The van der Waals surface area contributed by atoms with Crippen molar-refractivity contribution in [2.24, 2.45) is 0 Å². The van der Waals surface area contributed by atoms with Crippen LogP contribution in [0.15, 0.2) is 48.1 Å². The van der Waals surface area contributed by atoms with Gasteiger partial charge >= 0.3 is 6.03 Å². The second-order valence-corrected chi connectivity index (χ2v) is 4.73. The first-order valence-corrected chi connectivity index (χ1v) is 6.51. The molecule has 0 saturated heterocycles. The Morgan fingerprint density at radius 3 is 2.89 bits per heavy atom. The lowest BCUT2D eigenvalue weighted by molar-refractivity contribution is 0.262. The van der Waals surface area contributed by atoms with Crippen LogP contribution >= 0.6 is 11.3 Å². The number of benzene rings is 1. The molecule has 0 aliphatic carbocycles. The number of hydrogen-bond acceptors (Lipinski definition) is 4. The lowest BCUT2D eigenvalue weighted by atomic mass is 10.2. The Morgan fingerprint density at radius 1 is 1.16 bits per heavy atom. The van der Waals surface area contributed by atoms with Gasteiger partial charge in [-0.2, -0.15) is 0 Å². The molecule has 0 aliphatic rings. The minimum Gasteiger partial charge on any atom is -0.306 e. The van der Waals surface area contributed by atoms with Crippen LogP contribution in [0.25, 0.3) is 10.9 Å². The highest BCUT2D eigenvalue weighted by atomic mass is 32.1. The number of carbonyl (C=O) groups excluding carboxylic acids is 1. The number of pyridine rings is 1. The molecule has 2 aromatic heterocycles. The van der Waals surface area contributed by atoms with E-state index >= 15 is 0 Å². The zero-order valence-electron chi connectivity index (χ0n) is 9.83. The molecular formula is C13H10N4OS. The van der Waals surface area contributed by atoms with Crippen molar-refractivity contribution in [1.82, 2.24) is 9.97 Å². The molecule has 0 fully saturated rings. The van der Waals surface area contributed by atoms with Gasteiger partial charge in [0.2, 0.25) is 0 Å². The van der Waals surface area contributed by atoms with E-state index in [4.69, 9.17) is 0 Å². The van der Waals surface area contributed by atoms with E-state index in [-0.39, 0.29) is 6.03 Å². The van der Waals surface area contributed by atoms with E-state index < -0.39 is 0 Å². The monoisotopic (exact) mass is 270 g/mol. The molecule has 0 saturated carbocycles. The van der Waals surface area contributed by atoms with Crippen molar-refractivity contribution in [2.45, 2.75) is 0 Å². The molecule has 3 rings (SSSR count). The second-order valence-electron chi connectivity index (χ2n) is 3.83. The summed E-state index contributed by atoms with van der Waals surface area (Å²) < 4.78 is 0. The van der Waals surface area contributed by atoms with Gasteiger partial charge in [0.25, 0.3) is 0 Å². The maximum atomic E-state index is 11.7. The van der Waals surface area contributed by atoms with Crippen LogP contribution in [0.3, 0.4) is 0 Å². The molecule has 1 aromatic carbocycles. The van der Waals surface area contributed by atoms with Crippen LogP contribution in [0.1, 0.15) is 0 Å². The third-order valence-electron chi connectivity index (χ3n) is 2.50. The first-order valence-electron chi connectivity index (χ1n) is 5.63. The molecule has 2 N–H and O–H groups in total. The molecule has 0 bridgehead atoms. The van der Waals surface area contributed by atoms with Crippen molar-refractivity contribution in [3.63, 3.8) is 0 Å². The number of urea groups is 1. The van der Waals surface area contributed by atoms with Crippen molar-refractivity contribution >= 4 is 39.1 Å². The van der Waals surface area contributed by atoms with Gasteiger partial charge in [0, 0.05) is 17.0 Å². The number of anilines is 2. The van der Waals surface area contributed by atoms with Gasteiger partial charge in [-0.3, -0.25) is 10.3 Å². The van der Waals surface area contributed by atoms with Gasteiger partial charge in [0.05, 0.1) is 17.4 Å². The zero-order chi connectivity index (χ0) is 13.1. The molecule has 0 spiro atoms. The lowest BCUT2D eigenvalue weighted by Crippen LogP contribution is -2.19. The Kier molecular flexibility index (Phi) is 3.07. The number of carbonyl (C=O) groups is 1. The summed E-state index contributed by atoms with van der Waals surface area (Å²) in [5.74, 6) is 0. The first-order chi connectivity index (χ1) is 9.31. The number of thiazole rings is 1. The van der Waals surface area contributed by atoms with Crippen molar-refractivity contribution in [1.29, 1.82) is 0 Å². The van der Waals surface area contributed by atoms with E-state index in [1.165, 1.54) is 11.3 Å². The quantitative estimate of drug-likeness (QED) is 0.750. The fourth-order valence-electron chi connectivity index (χ4n) is 1.68. The highest BCUT2D eigenvalue weighted by Gasteiger charge is 2.05. The summed E-state index contributed by atoms with van der Waals surface area (Å²) in [7, 11) is 0. The highest BCUT2D eigenvalue weighted by molar-refractivity contribution is 7.13. The average molecular weight is 270 g/mol. The molecule has 5 nitrogen and oxygen atoms in total. The molecule has 2 amide bonds. The average Bonchev–Trinajstić information content (AvgIpc) is 2.91. The molecule has 6 heteroatoms. The summed E-state index contributed by atoms with van der Waals surface area (Å²) in [4.78, 5) is 20.0. The van der Waals surface area contributed by atoms with Crippen LogP contribution in [0, 0.1) is 0 Å². The first kappa shape index (κ1) is 11.6. The Hall–Kier alpha value is -2.47. The van der Waals surface area contributed by atoms with E-state index in [0.717, 1.165) is 10.9 Å². The van der Waals surface area contributed by atoms with E-state index in [2.05, 4.69) is 20.6 Å². The number of hydrogen-bond donors (Lipinski definition) is 2. The summed E-state index contributed by atoms with van der Waals surface area (Å²) in [5.41, 5.74) is 1.54. The van der Waals surface area contributed by atoms with E-state index in [1.54, 1.807) is 17.8 Å². The fraction of sp³-hybridized carbons (Fsp3) is 0. The van der Waals surface area contributed by atoms with Crippen LogP contribution in [-0.4, -0.2) is 16.0 Å². The summed E-state index contributed by atoms with van der Waals surface area (Å²) in [5, 5.41) is 8.72. The predicted molar refractivity (Wildman–Crippen MR) is 76.5 cm³/mol. The maximum absolute atomic E-state index is 11.7. The number of aromatic nitrogens is 2. The molecule has 2 heterocycles. The minimum absolute atomic E-state index is 0.327. The zero-order valence-corrected chi connectivity index (χ0v) is 10.6. The number of nitrogens with one attached hydrogen (secondary N) is 2. The van der Waals surface area contributed by atoms with E-state index in [0.29, 0.717) is 10.8 Å². The van der Waals surface area contributed by atoms with E-state index in [9.17, 15) is 4.79 Å². The Balaban J connectivity index is 1.75. The van der Waals surface area contributed by atoms with Crippen molar-refractivity contribution in [2.75, 3.05) is 10.6 Å². The van der Waals surface area contributed by atoms with Gasteiger partial charge in [0.15, 0.2) is 5.13 Å². The lowest BCUT2D eigenvalue weighted by Gasteiger charge is -2.06. The number of fused-ring (bicyclic) bond motifs is 1. The third-order valence-corrected chi connectivity index (χ3v) is 3.19. The summed E-state index contributed by atoms with van der Waals surface area (Å²) in [6, 6.07) is 9.29. The second kappa shape index (κ2) is 5.03. The number of rotatable bonds is 2. The van der Waals surface area contributed by atoms with E-state index in [1.807, 2.05) is 30.3 Å². The van der Waals surface area contributed by atoms with Gasteiger partial charge in [-0.15, -0.1) is 11.3 Å². The number of para-hydroxylation sites is 1. The Morgan fingerprint density at radius 2 is 2.05 bits per heavy atom. The molecule has 94 valence electrons. The number of amides is 2. The van der Waals surface area contributed by atoms with Crippen LogP contribution in [0.2, 0.25) is 0 Å². The third kappa shape index (κ3) is 2.69. The number of nitrogens with zero attached hydrogens (tertiary/aromatic N) is 2. The smallest absolute Gasteiger partial charge is 0.306 e. The van der Waals surface area contributed by atoms with Gasteiger partial charge in [0.1, 0.15) is 0 Å². The highest BCUT2D eigenvalue weighted by Crippen LogP contribution is 2.16. The molecule has 3 aromatic rings. The van der Waals surface area contributed by atoms with Crippen LogP contribution < -0.4 is 10.6 Å². The van der Waals surface area contributed by atoms with Gasteiger partial charge < -0.3 is 5.32 Å². The molecule has 0 aliphatic heterocycles. The van der Waals surface area contributed by atoms with Crippen molar-refractivity contribution in [3.8, 4) is 0 Å². The topological polar surface area (TPSA) is 66.9 Å². The summed E-state index contributed by atoms with van der Waals surface area (Å²) in [6.45, 7) is 0. The van der Waals surface area contributed by atoms with Crippen molar-refractivity contribution in [3.05, 3.63) is 48.1 Å². The van der Waals surface area contributed by atoms with Crippen molar-refractivity contribution < 1.29 is 4.79 Å². The normalized spacial score (nSPS) is 10.3. The summed E-state index contributed by atoms with van der Waals surface area (Å²) >= 11 is 1.37. The SMILES string of the molecule is O=C(Nc1cnc2ccccc2c1)Nc1nccs1. The molecule has 0 atom stereocenters. The molecule has 19 heavy (non-hydrogen) atoms.